The van der Waals surface area contributed by atoms with Crippen LogP contribution in [0.4, 0.5) is 5.69 Å². The van der Waals surface area contributed by atoms with E-state index in [1.54, 1.807) is 7.11 Å². The zero-order valence-corrected chi connectivity index (χ0v) is 20.0. The van der Waals surface area contributed by atoms with E-state index in [0.29, 0.717) is 17.7 Å². The minimum Gasteiger partial charge on any atom is -0.497 e. The molecule has 2 aromatic carbocycles. The fraction of sp³-hybridized carbons (Fsp3) is 0.500. The maximum absolute atomic E-state index is 13.4. The molecule has 0 bridgehead atoms. The van der Waals surface area contributed by atoms with Crippen LogP contribution < -0.4 is 10.1 Å². The number of anilines is 1. The number of benzene rings is 2. The van der Waals surface area contributed by atoms with E-state index >= 15 is 0 Å². The molecular formula is C28H35N3O3. The summed E-state index contributed by atoms with van der Waals surface area (Å²) in [6.45, 7) is 4.05. The van der Waals surface area contributed by atoms with Gasteiger partial charge in [0, 0.05) is 37.8 Å². The van der Waals surface area contributed by atoms with Crippen molar-refractivity contribution in [3.05, 3.63) is 59.7 Å². The van der Waals surface area contributed by atoms with Gasteiger partial charge in [0.2, 0.25) is 11.8 Å². The summed E-state index contributed by atoms with van der Waals surface area (Å²) in [5, 5.41) is 2.93. The van der Waals surface area contributed by atoms with Gasteiger partial charge in [0.25, 0.3) is 0 Å². The van der Waals surface area contributed by atoms with E-state index in [-0.39, 0.29) is 18.2 Å². The van der Waals surface area contributed by atoms with Crippen molar-refractivity contribution in [1.29, 1.82) is 0 Å². The molecule has 2 amide bonds. The van der Waals surface area contributed by atoms with Crippen LogP contribution in [0.15, 0.2) is 48.5 Å². The van der Waals surface area contributed by atoms with E-state index in [0.717, 1.165) is 56.7 Å². The number of fused-ring (bicyclic) bond motifs is 2. The first-order valence-corrected chi connectivity index (χ1v) is 12.7. The third kappa shape index (κ3) is 4.83. The van der Waals surface area contributed by atoms with Crippen LogP contribution in [-0.4, -0.2) is 60.9 Å². The second-order valence-electron chi connectivity index (χ2n) is 9.93. The highest BCUT2D eigenvalue weighted by Crippen LogP contribution is 2.38. The van der Waals surface area contributed by atoms with Gasteiger partial charge in [-0.1, -0.05) is 30.3 Å². The molecule has 3 aliphatic heterocycles. The second kappa shape index (κ2) is 10.2. The minimum atomic E-state index is -0.434. The van der Waals surface area contributed by atoms with Gasteiger partial charge in [0.05, 0.1) is 13.0 Å². The first kappa shape index (κ1) is 22.9. The molecule has 6 nitrogen and oxygen atoms in total. The lowest BCUT2D eigenvalue weighted by Gasteiger charge is -2.47. The maximum atomic E-state index is 13.4. The third-order valence-corrected chi connectivity index (χ3v) is 7.84. The first-order chi connectivity index (χ1) is 16.6. The normalized spacial score (nSPS) is 24.3. The van der Waals surface area contributed by atoms with E-state index in [4.69, 9.17) is 4.74 Å². The average Bonchev–Trinajstić information content (AvgIpc) is 3.18. The number of nitrogens with one attached hydrogen (secondary N) is 1. The molecule has 0 aliphatic carbocycles. The first-order valence-electron chi connectivity index (χ1n) is 12.7. The van der Waals surface area contributed by atoms with Crippen molar-refractivity contribution in [2.75, 3.05) is 38.6 Å². The lowest BCUT2D eigenvalue weighted by molar-refractivity contribution is -0.140. The fourth-order valence-electron chi connectivity index (χ4n) is 6.07. The summed E-state index contributed by atoms with van der Waals surface area (Å²) < 4.78 is 5.34. The molecule has 3 aliphatic rings. The number of carbonyl (C=O) groups excluding carboxylic acids is 2. The fourth-order valence-corrected chi connectivity index (χ4v) is 6.07. The zero-order chi connectivity index (χ0) is 23.5. The molecule has 1 N–H and O–H groups in total. The van der Waals surface area contributed by atoms with Gasteiger partial charge in [0.15, 0.2) is 0 Å². The van der Waals surface area contributed by atoms with Crippen molar-refractivity contribution in [1.82, 2.24) is 9.80 Å². The monoisotopic (exact) mass is 461 g/mol. The lowest BCUT2D eigenvalue weighted by Crippen LogP contribution is -2.56. The SMILES string of the molecule is COc1ccc2c(c1)C(CC(=O)N1CCC[C@@H]3CN(CCCc4ccccc4)CC[C@@H]31)C(=O)N2. The van der Waals surface area contributed by atoms with E-state index in [9.17, 15) is 9.59 Å². The molecule has 2 aromatic rings. The van der Waals surface area contributed by atoms with Gasteiger partial charge in [-0.05, 0) is 73.9 Å². The molecule has 34 heavy (non-hydrogen) atoms. The topological polar surface area (TPSA) is 61.9 Å². The standard InChI is InChI=1S/C28H35N3O3/c1-34-22-11-12-25-23(17-22)24(28(33)29-25)18-27(32)31-15-6-10-21-19-30(16-13-26(21)31)14-5-9-20-7-3-2-4-8-20/h2-4,7-8,11-12,17,21,24,26H,5-6,9-10,13-16,18-19H2,1H3,(H,29,33)/t21-,24?,26+/m1/s1. The zero-order valence-electron chi connectivity index (χ0n) is 20.0. The third-order valence-electron chi connectivity index (χ3n) is 7.84. The molecule has 0 saturated carbocycles. The van der Waals surface area contributed by atoms with E-state index < -0.39 is 5.92 Å². The number of methoxy groups -OCH3 is 1. The number of carbonyl (C=O) groups is 2. The number of rotatable bonds is 7. The van der Waals surface area contributed by atoms with Gasteiger partial charge < -0.3 is 19.9 Å². The van der Waals surface area contributed by atoms with Crippen LogP contribution in [0.3, 0.4) is 0 Å². The highest BCUT2D eigenvalue weighted by Gasteiger charge is 2.40. The highest BCUT2D eigenvalue weighted by molar-refractivity contribution is 6.05. The molecule has 3 heterocycles. The lowest BCUT2D eigenvalue weighted by atomic mass is 9.83. The molecule has 0 radical (unpaired) electrons. The van der Waals surface area contributed by atoms with Crippen LogP contribution in [0.1, 0.15) is 49.1 Å². The predicted octanol–water partition coefficient (Wildman–Crippen LogP) is 4.07. The number of nitrogens with zero attached hydrogens (tertiary/aromatic N) is 2. The van der Waals surface area contributed by atoms with Crippen molar-refractivity contribution >= 4 is 17.5 Å². The van der Waals surface area contributed by atoms with Crippen LogP contribution in [-0.2, 0) is 16.0 Å². The Morgan fingerprint density at radius 1 is 1.12 bits per heavy atom. The van der Waals surface area contributed by atoms with Gasteiger partial charge in [-0.3, -0.25) is 9.59 Å². The molecule has 0 spiro atoms. The summed E-state index contributed by atoms with van der Waals surface area (Å²) >= 11 is 0. The summed E-state index contributed by atoms with van der Waals surface area (Å²) in [7, 11) is 1.62. The Hall–Kier alpha value is -2.86. The van der Waals surface area contributed by atoms with Crippen LogP contribution >= 0.6 is 0 Å². The van der Waals surface area contributed by atoms with Crippen LogP contribution in [0.2, 0.25) is 0 Å². The van der Waals surface area contributed by atoms with Crippen LogP contribution in [0.25, 0.3) is 0 Å². The molecule has 2 saturated heterocycles. The molecule has 6 heteroatoms. The Balaban J connectivity index is 1.18. The van der Waals surface area contributed by atoms with Crippen molar-refractivity contribution in [2.45, 2.75) is 50.5 Å². The van der Waals surface area contributed by atoms with E-state index in [1.165, 1.54) is 18.4 Å². The summed E-state index contributed by atoms with van der Waals surface area (Å²) in [6.07, 6.45) is 5.79. The molecule has 2 fully saturated rings. The van der Waals surface area contributed by atoms with Gasteiger partial charge in [0.1, 0.15) is 5.75 Å². The Labute approximate surface area is 202 Å². The molecule has 3 atom stereocenters. The second-order valence-corrected chi connectivity index (χ2v) is 9.93. The Kier molecular flexibility index (Phi) is 6.86. The summed E-state index contributed by atoms with van der Waals surface area (Å²) in [5.74, 6) is 0.843. The predicted molar refractivity (Wildman–Crippen MR) is 133 cm³/mol. The number of hydrogen-bond donors (Lipinski definition) is 1. The number of aryl methyl sites for hydroxylation is 1. The Morgan fingerprint density at radius 3 is 2.79 bits per heavy atom. The molecule has 0 aromatic heterocycles. The molecule has 180 valence electrons. The summed E-state index contributed by atoms with van der Waals surface area (Å²) in [5.41, 5.74) is 3.07. The summed E-state index contributed by atoms with van der Waals surface area (Å²) in [4.78, 5) is 30.8. The van der Waals surface area contributed by atoms with Gasteiger partial charge in [-0.25, -0.2) is 0 Å². The van der Waals surface area contributed by atoms with Crippen molar-refractivity contribution in [2.24, 2.45) is 5.92 Å². The van der Waals surface area contributed by atoms with Crippen LogP contribution in [0, 0.1) is 5.92 Å². The van der Waals surface area contributed by atoms with E-state index in [2.05, 4.69) is 45.4 Å². The largest absolute Gasteiger partial charge is 0.497 e. The average molecular weight is 462 g/mol. The summed E-state index contributed by atoms with van der Waals surface area (Å²) in [6, 6.07) is 16.6. The van der Waals surface area contributed by atoms with Crippen LogP contribution in [0.5, 0.6) is 5.75 Å². The highest BCUT2D eigenvalue weighted by atomic mass is 16.5. The van der Waals surface area contributed by atoms with Crippen molar-refractivity contribution in [3.8, 4) is 5.75 Å². The minimum absolute atomic E-state index is 0.0848. The Morgan fingerprint density at radius 2 is 1.97 bits per heavy atom. The maximum Gasteiger partial charge on any atom is 0.232 e. The quantitative estimate of drug-likeness (QED) is 0.675. The molecule has 5 rings (SSSR count). The van der Waals surface area contributed by atoms with E-state index in [1.807, 2.05) is 18.2 Å². The number of likely N-dealkylation sites (tertiary alicyclic amines) is 2. The van der Waals surface area contributed by atoms with Gasteiger partial charge in [-0.2, -0.15) is 0 Å². The number of ether oxygens (including phenoxy) is 1. The molecular weight excluding hydrogens is 426 g/mol. The molecule has 1 unspecified atom stereocenters. The van der Waals surface area contributed by atoms with Crippen molar-refractivity contribution in [3.63, 3.8) is 0 Å². The van der Waals surface area contributed by atoms with Crippen molar-refractivity contribution < 1.29 is 14.3 Å². The number of piperidine rings is 2. The smallest absolute Gasteiger partial charge is 0.232 e. The number of hydrogen-bond acceptors (Lipinski definition) is 4. The van der Waals surface area contributed by atoms with Gasteiger partial charge in [-0.15, -0.1) is 0 Å². The Bertz CT molecular complexity index is 1020. The van der Waals surface area contributed by atoms with Gasteiger partial charge >= 0.3 is 0 Å². The number of amides is 2.